The number of pyridine rings is 1. The summed E-state index contributed by atoms with van der Waals surface area (Å²) in [7, 11) is 2.25. The van der Waals surface area contributed by atoms with E-state index < -0.39 is 0 Å². The molecule has 3 N–H and O–H groups in total. The summed E-state index contributed by atoms with van der Waals surface area (Å²) in [6.45, 7) is 13.6. The highest BCUT2D eigenvalue weighted by atomic mass is 35.5. The molecule has 4 rings (SSSR count). The Balaban J connectivity index is 0.00000121. The molecule has 1 unspecified atom stereocenters. The molecule has 3 heterocycles. The van der Waals surface area contributed by atoms with E-state index in [0.717, 1.165) is 56.3 Å². The Kier molecular flexibility index (Phi) is 11.6. The van der Waals surface area contributed by atoms with Crippen LogP contribution in [0.4, 0.5) is 11.4 Å². The maximum absolute atomic E-state index is 6.52. The minimum Gasteiger partial charge on any atom is -0.363 e. The van der Waals surface area contributed by atoms with Crippen molar-refractivity contribution in [3.8, 4) is 0 Å². The number of hydrogen-bond acceptors (Lipinski definition) is 6. The van der Waals surface area contributed by atoms with Crippen LogP contribution >= 0.6 is 11.6 Å². The Morgan fingerprint density at radius 2 is 1.89 bits per heavy atom. The summed E-state index contributed by atoms with van der Waals surface area (Å²) in [4.78, 5) is 11.7. The van der Waals surface area contributed by atoms with Gasteiger partial charge in [0.15, 0.2) is 0 Å². The summed E-state index contributed by atoms with van der Waals surface area (Å²) in [5, 5.41) is 11.0. The smallest absolute Gasteiger partial charge is 0.146 e. The summed E-state index contributed by atoms with van der Waals surface area (Å²) in [6, 6.07) is 8.84. The number of rotatable bonds is 5. The number of aliphatic imine (C=N–C) groups is 1. The lowest BCUT2D eigenvalue weighted by molar-refractivity contribution is 0.234. The quantitative estimate of drug-likeness (QED) is 0.407. The van der Waals surface area contributed by atoms with Crippen LogP contribution in [0.5, 0.6) is 0 Å². The van der Waals surface area contributed by atoms with Crippen LogP contribution in [-0.2, 0) is 19.4 Å². The lowest BCUT2D eigenvalue weighted by Crippen LogP contribution is -2.34. The topological polar surface area (TPSA) is 64.6 Å². The first-order valence-electron chi connectivity index (χ1n) is 13.4. The van der Waals surface area contributed by atoms with Gasteiger partial charge in [-0.15, -0.1) is 6.58 Å². The molecule has 2 aromatic rings. The van der Waals surface area contributed by atoms with Gasteiger partial charge in [0.05, 0.1) is 16.9 Å². The van der Waals surface area contributed by atoms with Gasteiger partial charge in [0.2, 0.25) is 0 Å². The van der Waals surface area contributed by atoms with Gasteiger partial charge in [0.25, 0.3) is 0 Å². The second-order valence-electron chi connectivity index (χ2n) is 9.92. The molecule has 6 nitrogen and oxygen atoms in total. The van der Waals surface area contributed by atoms with Crippen LogP contribution in [0.25, 0.3) is 0 Å². The van der Waals surface area contributed by atoms with Crippen molar-refractivity contribution >= 4 is 28.8 Å². The number of anilines is 2. The van der Waals surface area contributed by atoms with Gasteiger partial charge in [0, 0.05) is 25.0 Å². The SMILES string of the molecule is C/C=C(Cl)\C1=N/C(C)Nc2cncc(c2)CCc2cc(ccc2CN(C)CC2CCNCC2)N1.C=CC. The molecule has 0 amide bonds. The number of hydrogen-bond donors (Lipinski definition) is 3. The number of amidine groups is 1. The molecule has 1 saturated heterocycles. The summed E-state index contributed by atoms with van der Waals surface area (Å²) < 4.78 is 0. The van der Waals surface area contributed by atoms with Crippen molar-refractivity contribution in [2.24, 2.45) is 10.9 Å². The highest BCUT2D eigenvalue weighted by Gasteiger charge is 2.17. The van der Waals surface area contributed by atoms with E-state index in [2.05, 4.69) is 63.7 Å². The first-order chi connectivity index (χ1) is 17.9. The maximum Gasteiger partial charge on any atom is 0.146 e. The maximum atomic E-state index is 6.52. The van der Waals surface area contributed by atoms with E-state index in [0.29, 0.717) is 10.9 Å². The highest BCUT2D eigenvalue weighted by Crippen LogP contribution is 2.23. The molecule has 0 radical (unpaired) electrons. The molecule has 1 fully saturated rings. The molecule has 0 saturated carbocycles. The number of halogens is 1. The zero-order valence-electron chi connectivity index (χ0n) is 22.9. The molecule has 1 atom stereocenters. The number of piperidine rings is 1. The van der Waals surface area contributed by atoms with E-state index in [-0.39, 0.29) is 6.17 Å². The van der Waals surface area contributed by atoms with Crippen molar-refractivity contribution in [3.63, 3.8) is 0 Å². The third kappa shape index (κ3) is 9.29. The van der Waals surface area contributed by atoms with Gasteiger partial charge in [-0.25, -0.2) is 4.99 Å². The number of fused-ring (bicyclic) bond motifs is 4. The van der Waals surface area contributed by atoms with Crippen LogP contribution in [-0.4, -0.2) is 48.6 Å². The van der Waals surface area contributed by atoms with E-state index in [1.165, 1.54) is 29.5 Å². The third-order valence-electron chi connectivity index (χ3n) is 6.59. The van der Waals surface area contributed by atoms with E-state index in [9.17, 15) is 0 Å². The van der Waals surface area contributed by atoms with Gasteiger partial charge in [-0.05, 0) is 107 Å². The van der Waals surface area contributed by atoms with Crippen LogP contribution in [0, 0.1) is 5.92 Å². The van der Waals surface area contributed by atoms with Crippen molar-refractivity contribution in [3.05, 3.63) is 77.1 Å². The molecule has 0 spiro atoms. The minimum absolute atomic E-state index is 0.156. The fraction of sp³-hybridized carbons (Fsp3) is 0.467. The molecule has 2 aliphatic rings. The molecule has 2 aliphatic heterocycles. The van der Waals surface area contributed by atoms with E-state index in [1.54, 1.807) is 6.08 Å². The van der Waals surface area contributed by atoms with Crippen molar-refractivity contribution in [2.75, 3.05) is 37.3 Å². The third-order valence-corrected chi connectivity index (χ3v) is 6.99. The van der Waals surface area contributed by atoms with Crippen LogP contribution in [0.2, 0.25) is 0 Å². The number of aromatic nitrogens is 1. The molecule has 1 aromatic heterocycles. The van der Waals surface area contributed by atoms with Crippen molar-refractivity contribution in [1.82, 2.24) is 15.2 Å². The molecule has 1 aromatic carbocycles. The van der Waals surface area contributed by atoms with Crippen molar-refractivity contribution < 1.29 is 0 Å². The van der Waals surface area contributed by atoms with Gasteiger partial charge in [-0.1, -0.05) is 29.8 Å². The number of benzene rings is 1. The molecule has 0 aliphatic carbocycles. The number of allylic oxidation sites excluding steroid dienone is 2. The minimum atomic E-state index is -0.156. The van der Waals surface area contributed by atoms with Gasteiger partial charge >= 0.3 is 0 Å². The Bertz CT molecular complexity index is 1070. The van der Waals surface area contributed by atoms with Crippen LogP contribution in [0.1, 0.15) is 50.3 Å². The molecule has 37 heavy (non-hydrogen) atoms. The Hall–Kier alpha value is -2.67. The summed E-state index contributed by atoms with van der Waals surface area (Å²) in [6.07, 6.45) is 11.7. The largest absolute Gasteiger partial charge is 0.363 e. The van der Waals surface area contributed by atoms with Crippen molar-refractivity contribution in [1.29, 1.82) is 0 Å². The lowest BCUT2D eigenvalue weighted by Gasteiger charge is -2.28. The zero-order chi connectivity index (χ0) is 26.6. The Morgan fingerprint density at radius 3 is 2.62 bits per heavy atom. The second-order valence-corrected chi connectivity index (χ2v) is 10.3. The standard InChI is InChI=1S/C27H37ClN6.C3H6/c1-4-26(28)27-32-19(2)31-25-13-21(15-30-16-25)5-6-22-14-24(33-27)8-7-23(22)18-34(3)17-20-9-11-29-12-10-20;1-3-2/h4,7-8,13-16,19-20,29,31H,5-6,9-12,17-18H2,1-3H3,(H,32,33);3H,1H2,2H3/b26-4+;. The number of nitrogens with one attached hydrogen (secondary N) is 3. The van der Waals surface area contributed by atoms with E-state index >= 15 is 0 Å². The van der Waals surface area contributed by atoms with E-state index in [1.807, 2.05) is 39.2 Å². The fourth-order valence-electron chi connectivity index (χ4n) is 4.83. The highest BCUT2D eigenvalue weighted by molar-refractivity contribution is 6.44. The summed E-state index contributed by atoms with van der Waals surface area (Å²) >= 11 is 6.52. The van der Waals surface area contributed by atoms with Gasteiger partial charge < -0.3 is 20.9 Å². The van der Waals surface area contributed by atoms with Crippen LogP contribution in [0.15, 0.2) is 65.4 Å². The Labute approximate surface area is 228 Å². The van der Waals surface area contributed by atoms with Crippen molar-refractivity contribution in [2.45, 2.75) is 59.2 Å². The monoisotopic (exact) mass is 522 g/mol. The first-order valence-corrected chi connectivity index (χ1v) is 13.7. The number of nitrogens with zero attached hydrogens (tertiary/aromatic N) is 3. The van der Waals surface area contributed by atoms with Crippen LogP contribution < -0.4 is 16.0 Å². The summed E-state index contributed by atoms with van der Waals surface area (Å²) in [5.74, 6) is 1.44. The molecule has 200 valence electrons. The second kappa shape index (κ2) is 14.9. The number of aryl methyl sites for hydroxylation is 2. The lowest BCUT2D eigenvalue weighted by atomic mass is 9.96. The molecule has 4 bridgehead atoms. The first kappa shape index (κ1) is 28.9. The predicted molar refractivity (Wildman–Crippen MR) is 160 cm³/mol. The fourth-order valence-corrected chi connectivity index (χ4v) is 4.92. The zero-order valence-corrected chi connectivity index (χ0v) is 23.6. The average Bonchev–Trinajstić information content (AvgIpc) is 2.89. The normalized spacial score (nSPS) is 20.0. The average molecular weight is 523 g/mol. The Morgan fingerprint density at radius 1 is 1.14 bits per heavy atom. The van der Waals surface area contributed by atoms with Gasteiger partial charge in [-0.3, -0.25) is 4.98 Å². The van der Waals surface area contributed by atoms with Crippen LogP contribution in [0.3, 0.4) is 0 Å². The molecular formula is C30H43ClN6. The van der Waals surface area contributed by atoms with E-state index in [4.69, 9.17) is 16.6 Å². The van der Waals surface area contributed by atoms with Gasteiger partial charge in [-0.2, -0.15) is 0 Å². The predicted octanol–water partition coefficient (Wildman–Crippen LogP) is 6.22. The molecular weight excluding hydrogens is 480 g/mol. The van der Waals surface area contributed by atoms with Gasteiger partial charge in [0.1, 0.15) is 12.0 Å². The summed E-state index contributed by atoms with van der Waals surface area (Å²) in [5.41, 5.74) is 5.93. The molecule has 7 heteroatoms.